The van der Waals surface area contributed by atoms with Gasteiger partial charge in [0.1, 0.15) is 0 Å². The molecule has 2 aromatic carbocycles. The van der Waals surface area contributed by atoms with Gasteiger partial charge in [-0.25, -0.2) is 13.1 Å². The van der Waals surface area contributed by atoms with Crippen LogP contribution in [0.1, 0.15) is 11.5 Å². The molecule has 0 radical (unpaired) electrons. The molecule has 3 aromatic rings. The Labute approximate surface area is 147 Å². The molecule has 0 saturated heterocycles. The maximum atomic E-state index is 12.0. The first-order valence-electron chi connectivity index (χ1n) is 8.02. The summed E-state index contributed by atoms with van der Waals surface area (Å²) in [5.41, 5.74) is 1.86. The zero-order valence-electron chi connectivity index (χ0n) is 13.6. The lowest BCUT2D eigenvalue weighted by Gasteiger charge is -2.05. The Kier molecular flexibility index (Phi) is 5.57. The highest BCUT2D eigenvalue weighted by atomic mass is 32.2. The molecule has 0 atom stereocenters. The van der Waals surface area contributed by atoms with Crippen LogP contribution >= 0.6 is 0 Å². The monoisotopic (exact) mass is 357 g/mol. The van der Waals surface area contributed by atoms with E-state index in [0.29, 0.717) is 24.6 Å². The van der Waals surface area contributed by atoms with Gasteiger partial charge in [0.25, 0.3) is 0 Å². The van der Waals surface area contributed by atoms with E-state index < -0.39 is 10.0 Å². The van der Waals surface area contributed by atoms with E-state index in [-0.39, 0.29) is 12.3 Å². The van der Waals surface area contributed by atoms with Crippen molar-refractivity contribution < 1.29 is 12.9 Å². The molecule has 0 amide bonds. The van der Waals surface area contributed by atoms with E-state index in [4.69, 9.17) is 4.52 Å². The molecule has 0 saturated carbocycles. The summed E-state index contributed by atoms with van der Waals surface area (Å²) >= 11 is 0. The van der Waals surface area contributed by atoms with Gasteiger partial charge in [-0.15, -0.1) is 0 Å². The maximum absolute atomic E-state index is 12.0. The van der Waals surface area contributed by atoms with Crippen molar-refractivity contribution in [2.75, 3.05) is 12.3 Å². The van der Waals surface area contributed by atoms with Crippen LogP contribution in [0, 0.1) is 0 Å². The number of aryl methyl sites for hydroxylation is 1. The van der Waals surface area contributed by atoms with Crippen LogP contribution in [0.2, 0.25) is 0 Å². The van der Waals surface area contributed by atoms with E-state index in [1.54, 1.807) is 0 Å². The molecule has 0 aliphatic carbocycles. The Morgan fingerprint density at radius 2 is 1.60 bits per heavy atom. The summed E-state index contributed by atoms with van der Waals surface area (Å²) in [6, 6.07) is 19.0. The topological polar surface area (TPSA) is 85.1 Å². The molecule has 0 bridgehead atoms. The van der Waals surface area contributed by atoms with E-state index in [9.17, 15) is 8.42 Å². The van der Waals surface area contributed by atoms with Crippen LogP contribution in [0.4, 0.5) is 0 Å². The second-order valence-corrected chi connectivity index (χ2v) is 7.50. The van der Waals surface area contributed by atoms with Crippen molar-refractivity contribution in [3.05, 3.63) is 72.1 Å². The highest BCUT2D eigenvalue weighted by Crippen LogP contribution is 2.14. The largest absolute Gasteiger partial charge is 0.339 e. The first-order chi connectivity index (χ1) is 12.1. The lowest BCUT2D eigenvalue weighted by atomic mass is 10.2. The van der Waals surface area contributed by atoms with Gasteiger partial charge in [-0.05, 0) is 12.0 Å². The average molecular weight is 357 g/mol. The summed E-state index contributed by atoms with van der Waals surface area (Å²) in [4.78, 5) is 4.28. The van der Waals surface area contributed by atoms with Crippen LogP contribution < -0.4 is 4.72 Å². The summed E-state index contributed by atoms with van der Waals surface area (Å²) in [5.74, 6) is 0.961. The number of nitrogens with zero attached hydrogens (tertiary/aromatic N) is 2. The van der Waals surface area contributed by atoms with Crippen molar-refractivity contribution >= 4 is 10.0 Å². The van der Waals surface area contributed by atoms with Crippen molar-refractivity contribution in [2.45, 2.75) is 12.8 Å². The third-order valence-electron chi connectivity index (χ3n) is 3.66. The summed E-state index contributed by atoms with van der Waals surface area (Å²) < 4.78 is 31.8. The van der Waals surface area contributed by atoms with Crippen molar-refractivity contribution in [3.8, 4) is 11.4 Å². The molecule has 25 heavy (non-hydrogen) atoms. The Morgan fingerprint density at radius 1 is 0.920 bits per heavy atom. The Hall–Kier alpha value is -2.51. The molecular formula is C18H19N3O3S. The van der Waals surface area contributed by atoms with Gasteiger partial charge in [-0.2, -0.15) is 4.98 Å². The third-order valence-corrected chi connectivity index (χ3v) is 5.05. The molecule has 0 aliphatic rings. The first-order valence-corrected chi connectivity index (χ1v) is 9.67. The minimum atomic E-state index is -3.34. The van der Waals surface area contributed by atoms with Crippen molar-refractivity contribution in [1.82, 2.24) is 14.9 Å². The van der Waals surface area contributed by atoms with Crippen LogP contribution in [0.3, 0.4) is 0 Å². The molecule has 1 N–H and O–H groups in total. The van der Waals surface area contributed by atoms with Gasteiger partial charge in [0.15, 0.2) is 0 Å². The number of rotatable bonds is 8. The number of sulfonamides is 1. The average Bonchev–Trinajstić information content (AvgIpc) is 3.11. The minimum Gasteiger partial charge on any atom is -0.339 e. The SMILES string of the molecule is O=S(=O)(CCc1ccccc1)NCCc1nc(-c2ccccc2)no1. The highest BCUT2D eigenvalue weighted by Gasteiger charge is 2.12. The quantitative estimate of drug-likeness (QED) is 0.669. The van der Waals surface area contributed by atoms with E-state index in [0.717, 1.165) is 11.1 Å². The fraction of sp³-hybridized carbons (Fsp3) is 0.222. The maximum Gasteiger partial charge on any atom is 0.228 e. The second kappa shape index (κ2) is 8.04. The van der Waals surface area contributed by atoms with E-state index >= 15 is 0 Å². The zero-order valence-corrected chi connectivity index (χ0v) is 14.4. The van der Waals surface area contributed by atoms with Crippen LogP contribution in [0.15, 0.2) is 65.2 Å². The number of hydrogen-bond acceptors (Lipinski definition) is 5. The van der Waals surface area contributed by atoms with Crippen molar-refractivity contribution in [3.63, 3.8) is 0 Å². The molecule has 0 fully saturated rings. The fourth-order valence-corrected chi connectivity index (χ4v) is 3.41. The smallest absolute Gasteiger partial charge is 0.228 e. The third kappa shape index (κ3) is 5.23. The first kappa shape index (κ1) is 17.3. The van der Waals surface area contributed by atoms with Gasteiger partial charge < -0.3 is 4.52 Å². The van der Waals surface area contributed by atoms with Crippen LogP contribution in [-0.4, -0.2) is 30.9 Å². The fourth-order valence-electron chi connectivity index (χ4n) is 2.34. The molecule has 0 unspecified atom stereocenters. The van der Waals surface area contributed by atoms with E-state index in [1.165, 1.54) is 0 Å². The summed E-state index contributed by atoms with van der Waals surface area (Å²) in [5, 5.41) is 3.91. The van der Waals surface area contributed by atoms with E-state index in [2.05, 4.69) is 14.9 Å². The highest BCUT2D eigenvalue weighted by molar-refractivity contribution is 7.89. The molecule has 7 heteroatoms. The van der Waals surface area contributed by atoms with E-state index in [1.807, 2.05) is 60.7 Å². The number of hydrogen-bond donors (Lipinski definition) is 1. The molecule has 1 heterocycles. The lowest BCUT2D eigenvalue weighted by molar-refractivity contribution is 0.379. The lowest BCUT2D eigenvalue weighted by Crippen LogP contribution is -2.29. The number of nitrogens with one attached hydrogen (secondary N) is 1. The molecule has 6 nitrogen and oxygen atoms in total. The van der Waals surface area contributed by atoms with Crippen LogP contribution in [0.5, 0.6) is 0 Å². The summed E-state index contributed by atoms with van der Waals surface area (Å²) in [6.45, 7) is 0.230. The predicted molar refractivity (Wildman–Crippen MR) is 95.4 cm³/mol. The van der Waals surface area contributed by atoms with Crippen molar-refractivity contribution in [1.29, 1.82) is 0 Å². The van der Waals surface area contributed by atoms with Gasteiger partial charge in [-0.3, -0.25) is 0 Å². The van der Waals surface area contributed by atoms with Gasteiger partial charge in [-0.1, -0.05) is 65.8 Å². The van der Waals surface area contributed by atoms with Gasteiger partial charge in [0, 0.05) is 18.5 Å². The number of benzene rings is 2. The molecule has 1 aromatic heterocycles. The number of aromatic nitrogens is 2. The Bertz CT molecular complexity index is 894. The Balaban J connectivity index is 1.48. The van der Waals surface area contributed by atoms with Crippen molar-refractivity contribution in [2.24, 2.45) is 0 Å². The molecule has 130 valence electrons. The molecule has 3 rings (SSSR count). The molecule has 0 spiro atoms. The van der Waals surface area contributed by atoms with Gasteiger partial charge in [0.2, 0.25) is 21.7 Å². The predicted octanol–water partition coefficient (Wildman–Crippen LogP) is 2.44. The standard InChI is InChI=1S/C18H19N3O3S/c22-25(23,14-12-15-7-3-1-4-8-15)19-13-11-17-20-18(21-24-17)16-9-5-2-6-10-16/h1-10,19H,11-14H2. The molecule has 0 aliphatic heterocycles. The normalized spacial score (nSPS) is 11.5. The van der Waals surface area contributed by atoms with Crippen LogP contribution in [0.25, 0.3) is 11.4 Å². The van der Waals surface area contributed by atoms with Crippen LogP contribution in [-0.2, 0) is 22.9 Å². The minimum absolute atomic E-state index is 0.0517. The van der Waals surface area contributed by atoms with Gasteiger partial charge in [0.05, 0.1) is 5.75 Å². The van der Waals surface area contributed by atoms with Gasteiger partial charge >= 0.3 is 0 Å². The zero-order chi connectivity index (χ0) is 17.5. The molecular weight excluding hydrogens is 338 g/mol. The summed E-state index contributed by atoms with van der Waals surface area (Å²) in [6.07, 6.45) is 0.833. The second-order valence-electron chi connectivity index (χ2n) is 5.58. The Morgan fingerprint density at radius 3 is 2.32 bits per heavy atom. The summed E-state index contributed by atoms with van der Waals surface area (Å²) in [7, 11) is -3.34.